The van der Waals surface area contributed by atoms with Crippen molar-refractivity contribution < 1.29 is 20.1 Å². The quantitative estimate of drug-likeness (QED) is 0.547. The maximum Gasteiger partial charge on any atom is 0.354 e. The van der Waals surface area contributed by atoms with Gasteiger partial charge in [0.2, 0.25) is 0 Å². The minimum Gasteiger partial charge on any atom is -0.477 e. The fourth-order valence-electron chi connectivity index (χ4n) is 1.33. The molecule has 0 fully saturated rings. The zero-order valence-electron chi connectivity index (χ0n) is 8.79. The van der Waals surface area contributed by atoms with Crippen LogP contribution in [0.25, 0.3) is 0 Å². The van der Waals surface area contributed by atoms with Gasteiger partial charge in [-0.25, -0.2) is 9.78 Å². The van der Waals surface area contributed by atoms with Crippen molar-refractivity contribution in [1.29, 1.82) is 0 Å². The molecule has 0 aliphatic heterocycles. The highest BCUT2D eigenvalue weighted by atomic mass is 16.4. The first kappa shape index (κ1) is 12.6. The van der Waals surface area contributed by atoms with Gasteiger partial charge in [0.1, 0.15) is 6.10 Å². The molecule has 88 valence electrons. The third-order valence-corrected chi connectivity index (χ3v) is 2.18. The second kappa shape index (κ2) is 5.02. The number of aromatic carboxylic acids is 1. The zero-order chi connectivity index (χ0) is 12.3. The molecule has 0 aliphatic rings. The lowest BCUT2D eigenvalue weighted by Gasteiger charge is -2.18. The van der Waals surface area contributed by atoms with Gasteiger partial charge in [0.25, 0.3) is 0 Å². The van der Waals surface area contributed by atoms with E-state index in [0.29, 0.717) is 5.56 Å². The number of aliphatic hydroxyl groups excluding tert-OH is 2. The second-order valence-corrected chi connectivity index (χ2v) is 3.50. The van der Waals surface area contributed by atoms with Crippen LogP contribution in [-0.2, 0) is 0 Å². The number of nitrogens with zero attached hydrogens (tertiary/aromatic N) is 1. The van der Waals surface area contributed by atoms with E-state index in [4.69, 9.17) is 10.8 Å². The molecule has 0 aliphatic carbocycles. The van der Waals surface area contributed by atoms with Crippen molar-refractivity contribution in [2.75, 3.05) is 6.54 Å². The molecule has 1 aromatic rings. The molecule has 1 rings (SSSR count). The highest BCUT2D eigenvalue weighted by molar-refractivity contribution is 5.87. The number of hydrogen-bond donors (Lipinski definition) is 4. The minimum atomic E-state index is -1.34. The summed E-state index contributed by atoms with van der Waals surface area (Å²) in [5, 5.41) is 28.0. The van der Waals surface area contributed by atoms with Crippen LogP contribution < -0.4 is 5.73 Å². The lowest BCUT2D eigenvalue weighted by atomic mass is 10.0. The summed E-state index contributed by atoms with van der Waals surface area (Å²) in [5.41, 5.74) is 5.70. The fraction of sp³-hybridized carbons (Fsp3) is 0.400. The summed E-state index contributed by atoms with van der Waals surface area (Å²) in [6, 6.07) is 1.47. The average Bonchev–Trinajstić information content (AvgIpc) is 2.26. The van der Waals surface area contributed by atoms with E-state index < -0.39 is 18.2 Å². The van der Waals surface area contributed by atoms with Crippen molar-refractivity contribution in [1.82, 2.24) is 4.98 Å². The molecule has 16 heavy (non-hydrogen) atoms. The van der Waals surface area contributed by atoms with Crippen LogP contribution in [0.5, 0.6) is 0 Å². The van der Waals surface area contributed by atoms with Crippen LogP contribution in [0.15, 0.2) is 12.3 Å². The maximum atomic E-state index is 10.9. The lowest BCUT2D eigenvalue weighted by molar-refractivity contribution is 0.0228. The summed E-state index contributed by atoms with van der Waals surface area (Å²) in [6.07, 6.45) is -1.17. The Hall–Kier alpha value is -1.50. The fourth-order valence-corrected chi connectivity index (χ4v) is 1.33. The van der Waals surface area contributed by atoms with Gasteiger partial charge >= 0.3 is 5.97 Å². The molecular formula is C10H14N2O4. The highest BCUT2D eigenvalue weighted by Gasteiger charge is 2.23. The summed E-state index contributed by atoms with van der Waals surface area (Å²) in [7, 11) is 0. The Kier molecular flexibility index (Phi) is 3.94. The lowest BCUT2D eigenvalue weighted by Crippen LogP contribution is -2.28. The van der Waals surface area contributed by atoms with E-state index in [9.17, 15) is 15.0 Å². The van der Waals surface area contributed by atoms with E-state index in [1.165, 1.54) is 12.3 Å². The number of pyridine rings is 1. The van der Waals surface area contributed by atoms with Crippen LogP contribution in [0.2, 0.25) is 0 Å². The van der Waals surface area contributed by atoms with Crippen molar-refractivity contribution in [2.24, 2.45) is 5.73 Å². The summed E-state index contributed by atoms with van der Waals surface area (Å²) in [5.74, 6) is -1.25. The molecule has 0 aromatic carbocycles. The number of aromatic nitrogens is 1. The Bertz CT molecular complexity index is 394. The Morgan fingerprint density at radius 3 is 2.69 bits per heavy atom. The summed E-state index contributed by atoms with van der Waals surface area (Å²) in [4.78, 5) is 14.6. The SMILES string of the molecule is Cc1cnc(C(=O)O)c(C(O)C(O)CN)c1. The first-order valence-electron chi connectivity index (χ1n) is 4.73. The molecule has 5 N–H and O–H groups in total. The molecule has 0 saturated carbocycles. The van der Waals surface area contributed by atoms with Gasteiger partial charge in [0, 0.05) is 18.3 Å². The molecule has 2 atom stereocenters. The highest BCUT2D eigenvalue weighted by Crippen LogP contribution is 2.20. The van der Waals surface area contributed by atoms with Crippen molar-refractivity contribution in [2.45, 2.75) is 19.1 Å². The number of carbonyl (C=O) groups is 1. The Morgan fingerprint density at radius 1 is 1.56 bits per heavy atom. The molecule has 0 saturated heterocycles. The summed E-state index contributed by atoms with van der Waals surface area (Å²) < 4.78 is 0. The van der Waals surface area contributed by atoms with Gasteiger partial charge in [-0.2, -0.15) is 0 Å². The van der Waals surface area contributed by atoms with Crippen LogP contribution in [0.4, 0.5) is 0 Å². The van der Waals surface area contributed by atoms with Crippen molar-refractivity contribution in [3.05, 3.63) is 29.1 Å². The smallest absolute Gasteiger partial charge is 0.354 e. The Balaban J connectivity index is 3.19. The predicted octanol–water partition coefficient (Wildman–Crippen LogP) is -0.559. The third-order valence-electron chi connectivity index (χ3n) is 2.18. The standard InChI is InChI=1S/C10H14N2O4/c1-5-2-6(9(14)7(13)3-11)8(10(15)16)12-4-5/h2,4,7,9,13-14H,3,11H2,1H3,(H,15,16). The van der Waals surface area contributed by atoms with E-state index in [-0.39, 0.29) is 17.8 Å². The largest absolute Gasteiger partial charge is 0.477 e. The summed E-state index contributed by atoms with van der Waals surface area (Å²) >= 11 is 0. The van der Waals surface area contributed by atoms with Crippen molar-refractivity contribution in [3.63, 3.8) is 0 Å². The molecule has 0 spiro atoms. The molecular weight excluding hydrogens is 212 g/mol. The first-order chi connectivity index (χ1) is 7.47. The number of carboxylic acids is 1. The van der Waals surface area contributed by atoms with E-state index in [2.05, 4.69) is 4.98 Å². The van der Waals surface area contributed by atoms with Crippen LogP contribution in [0.1, 0.15) is 27.7 Å². The van der Waals surface area contributed by atoms with Crippen LogP contribution in [-0.4, -0.2) is 38.9 Å². The number of aliphatic hydroxyl groups is 2. The van der Waals surface area contributed by atoms with E-state index in [0.717, 1.165) is 0 Å². The van der Waals surface area contributed by atoms with Gasteiger partial charge in [-0.15, -0.1) is 0 Å². The minimum absolute atomic E-state index is 0.0745. The first-order valence-corrected chi connectivity index (χ1v) is 4.73. The van der Waals surface area contributed by atoms with E-state index in [1.54, 1.807) is 6.92 Å². The maximum absolute atomic E-state index is 10.9. The molecule has 6 heteroatoms. The second-order valence-electron chi connectivity index (χ2n) is 3.50. The summed E-state index contributed by atoms with van der Waals surface area (Å²) in [6.45, 7) is 1.55. The normalized spacial score (nSPS) is 14.5. The molecule has 0 radical (unpaired) electrons. The molecule has 6 nitrogen and oxygen atoms in total. The number of rotatable bonds is 4. The van der Waals surface area contributed by atoms with Crippen LogP contribution in [0, 0.1) is 6.92 Å². The average molecular weight is 226 g/mol. The molecule has 0 amide bonds. The van der Waals surface area contributed by atoms with Gasteiger partial charge in [0.15, 0.2) is 5.69 Å². The Labute approximate surface area is 92.4 Å². The van der Waals surface area contributed by atoms with Gasteiger partial charge < -0.3 is 21.1 Å². The van der Waals surface area contributed by atoms with Crippen molar-refractivity contribution in [3.8, 4) is 0 Å². The third kappa shape index (κ3) is 2.54. The topological polar surface area (TPSA) is 117 Å². The van der Waals surface area contributed by atoms with Gasteiger partial charge in [0.05, 0.1) is 6.10 Å². The monoisotopic (exact) mass is 226 g/mol. The van der Waals surface area contributed by atoms with Gasteiger partial charge in [-0.05, 0) is 18.6 Å². The van der Waals surface area contributed by atoms with Gasteiger partial charge in [-0.3, -0.25) is 0 Å². The number of hydrogen-bond acceptors (Lipinski definition) is 5. The Morgan fingerprint density at radius 2 is 2.19 bits per heavy atom. The van der Waals surface area contributed by atoms with E-state index in [1.807, 2.05) is 0 Å². The molecule has 1 aromatic heterocycles. The van der Waals surface area contributed by atoms with Crippen LogP contribution >= 0.6 is 0 Å². The number of carboxylic acid groups (broad SMARTS) is 1. The number of aryl methyl sites for hydroxylation is 1. The van der Waals surface area contributed by atoms with Gasteiger partial charge in [-0.1, -0.05) is 0 Å². The molecule has 0 bridgehead atoms. The molecule has 1 heterocycles. The predicted molar refractivity (Wildman–Crippen MR) is 56.0 cm³/mol. The van der Waals surface area contributed by atoms with Crippen LogP contribution in [0.3, 0.4) is 0 Å². The number of nitrogens with two attached hydrogens (primary N) is 1. The van der Waals surface area contributed by atoms with E-state index >= 15 is 0 Å². The molecule has 2 unspecified atom stereocenters. The van der Waals surface area contributed by atoms with Crippen molar-refractivity contribution >= 4 is 5.97 Å². The zero-order valence-corrected chi connectivity index (χ0v) is 8.79.